The number of rotatable bonds is 3. The van der Waals surface area contributed by atoms with Gasteiger partial charge in [-0.3, -0.25) is 4.79 Å². The predicted molar refractivity (Wildman–Crippen MR) is 85.6 cm³/mol. The minimum atomic E-state index is -1.09. The summed E-state index contributed by atoms with van der Waals surface area (Å²) in [5.74, 6) is -0.832. The molecule has 0 bridgehead atoms. The van der Waals surface area contributed by atoms with E-state index >= 15 is 0 Å². The summed E-state index contributed by atoms with van der Waals surface area (Å²) in [5, 5.41) is 8.85. The Labute approximate surface area is 134 Å². The normalized spacial score (nSPS) is 17.3. The van der Waals surface area contributed by atoms with Crippen LogP contribution in [0.4, 0.5) is 0 Å². The maximum absolute atomic E-state index is 12.5. The van der Waals surface area contributed by atoms with Gasteiger partial charge in [0.1, 0.15) is 5.69 Å². The number of pyridine rings is 1. The Hall–Kier alpha value is -2.69. The van der Waals surface area contributed by atoms with Gasteiger partial charge in [-0.2, -0.15) is 0 Å². The minimum Gasteiger partial charge on any atom is -0.477 e. The molecule has 1 saturated heterocycles. The van der Waals surface area contributed by atoms with Gasteiger partial charge >= 0.3 is 5.97 Å². The molecule has 23 heavy (non-hydrogen) atoms. The standard InChI is InChI=1S/C18H18N2O3/c1-12-4-2-3-5-15(12)14-8-9-20(11-14)17(21)13-6-7-16(18(22)23)19-10-13/h2-7,10,14H,8-9,11H2,1H3,(H,22,23). The number of carbonyl (C=O) groups is 2. The van der Waals surface area contributed by atoms with Crippen LogP contribution in [0.5, 0.6) is 0 Å². The molecule has 1 aliphatic heterocycles. The first-order chi connectivity index (χ1) is 11.1. The number of amides is 1. The van der Waals surface area contributed by atoms with Crippen LogP contribution in [0, 0.1) is 6.92 Å². The summed E-state index contributed by atoms with van der Waals surface area (Å²) < 4.78 is 0. The lowest BCUT2D eigenvalue weighted by Crippen LogP contribution is -2.28. The fourth-order valence-electron chi connectivity index (χ4n) is 3.07. The number of hydrogen-bond donors (Lipinski definition) is 1. The molecule has 0 spiro atoms. The number of carbonyl (C=O) groups excluding carboxylic acids is 1. The van der Waals surface area contributed by atoms with Crippen molar-refractivity contribution in [2.45, 2.75) is 19.3 Å². The zero-order valence-corrected chi connectivity index (χ0v) is 12.9. The van der Waals surface area contributed by atoms with Crippen molar-refractivity contribution in [3.63, 3.8) is 0 Å². The van der Waals surface area contributed by atoms with Crippen molar-refractivity contribution in [1.82, 2.24) is 9.88 Å². The molecule has 2 heterocycles. The number of aromatic nitrogens is 1. The third-order valence-corrected chi connectivity index (χ3v) is 4.33. The van der Waals surface area contributed by atoms with E-state index in [1.165, 1.54) is 29.5 Å². The Balaban J connectivity index is 1.72. The lowest BCUT2D eigenvalue weighted by Gasteiger charge is -2.17. The summed E-state index contributed by atoms with van der Waals surface area (Å²) in [5.41, 5.74) is 2.92. The van der Waals surface area contributed by atoms with E-state index < -0.39 is 5.97 Å². The second-order valence-electron chi connectivity index (χ2n) is 5.83. The fraction of sp³-hybridized carbons (Fsp3) is 0.278. The van der Waals surface area contributed by atoms with Crippen LogP contribution in [-0.2, 0) is 0 Å². The molecule has 0 aliphatic carbocycles. The van der Waals surface area contributed by atoms with Crippen molar-refractivity contribution in [2.75, 3.05) is 13.1 Å². The van der Waals surface area contributed by atoms with Crippen molar-refractivity contribution in [3.05, 3.63) is 65.0 Å². The van der Waals surface area contributed by atoms with Gasteiger partial charge < -0.3 is 10.0 Å². The zero-order chi connectivity index (χ0) is 16.4. The quantitative estimate of drug-likeness (QED) is 0.946. The Morgan fingerprint density at radius 3 is 2.65 bits per heavy atom. The summed E-state index contributed by atoms with van der Waals surface area (Å²) in [6.07, 6.45) is 2.28. The highest BCUT2D eigenvalue weighted by Crippen LogP contribution is 2.30. The molecular weight excluding hydrogens is 292 g/mol. The second kappa shape index (κ2) is 6.20. The minimum absolute atomic E-state index is 0.0549. The monoisotopic (exact) mass is 310 g/mol. The molecule has 0 saturated carbocycles. The number of carboxylic acid groups (broad SMARTS) is 1. The molecule has 3 rings (SSSR count). The van der Waals surface area contributed by atoms with Crippen LogP contribution in [0.15, 0.2) is 42.6 Å². The first-order valence-corrected chi connectivity index (χ1v) is 7.60. The van der Waals surface area contributed by atoms with E-state index in [0.29, 0.717) is 24.6 Å². The summed E-state index contributed by atoms with van der Waals surface area (Å²) in [4.78, 5) is 29.0. The van der Waals surface area contributed by atoms with Gasteiger partial charge in [0.2, 0.25) is 0 Å². The molecule has 1 aliphatic rings. The van der Waals surface area contributed by atoms with Crippen LogP contribution in [0.1, 0.15) is 44.3 Å². The predicted octanol–water partition coefficient (Wildman–Crippen LogP) is 2.72. The van der Waals surface area contributed by atoms with Crippen LogP contribution in [0.25, 0.3) is 0 Å². The molecule has 1 fully saturated rings. The van der Waals surface area contributed by atoms with Crippen molar-refractivity contribution in [1.29, 1.82) is 0 Å². The SMILES string of the molecule is Cc1ccccc1C1CCN(C(=O)c2ccc(C(=O)O)nc2)C1. The van der Waals surface area contributed by atoms with Crippen molar-refractivity contribution < 1.29 is 14.7 Å². The summed E-state index contributed by atoms with van der Waals surface area (Å²) in [6.45, 7) is 3.48. The zero-order valence-electron chi connectivity index (χ0n) is 12.9. The molecule has 1 unspecified atom stereocenters. The van der Waals surface area contributed by atoms with Crippen LogP contribution < -0.4 is 0 Å². The molecule has 118 valence electrons. The highest BCUT2D eigenvalue weighted by molar-refractivity contribution is 5.95. The highest BCUT2D eigenvalue weighted by Gasteiger charge is 2.28. The number of carboxylic acids is 1. The summed E-state index contributed by atoms with van der Waals surface area (Å²) in [7, 11) is 0. The van der Waals surface area contributed by atoms with Crippen LogP contribution in [-0.4, -0.2) is 40.0 Å². The first kappa shape index (κ1) is 15.2. The second-order valence-corrected chi connectivity index (χ2v) is 5.83. The van der Waals surface area contributed by atoms with Gasteiger partial charge in [0.15, 0.2) is 0 Å². The largest absolute Gasteiger partial charge is 0.477 e. The molecule has 1 aromatic carbocycles. The first-order valence-electron chi connectivity index (χ1n) is 7.60. The topological polar surface area (TPSA) is 70.5 Å². The summed E-state index contributed by atoms with van der Waals surface area (Å²) >= 11 is 0. The average molecular weight is 310 g/mol. The molecule has 5 heteroatoms. The Bertz CT molecular complexity index is 740. The summed E-state index contributed by atoms with van der Waals surface area (Å²) in [6, 6.07) is 11.2. The Morgan fingerprint density at radius 1 is 1.22 bits per heavy atom. The smallest absolute Gasteiger partial charge is 0.354 e. The fourth-order valence-corrected chi connectivity index (χ4v) is 3.07. The van der Waals surface area contributed by atoms with E-state index in [2.05, 4.69) is 24.0 Å². The molecule has 1 atom stereocenters. The maximum atomic E-state index is 12.5. The van der Waals surface area contributed by atoms with Crippen LogP contribution in [0.3, 0.4) is 0 Å². The van der Waals surface area contributed by atoms with E-state index in [0.717, 1.165) is 6.42 Å². The lowest BCUT2D eigenvalue weighted by molar-refractivity contribution is 0.0688. The Kier molecular flexibility index (Phi) is 4.10. The van der Waals surface area contributed by atoms with Crippen LogP contribution in [0.2, 0.25) is 0 Å². The average Bonchev–Trinajstić information content (AvgIpc) is 3.04. The third-order valence-electron chi connectivity index (χ3n) is 4.33. The third kappa shape index (κ3) is 3.08. The van der Waals surface area contributed by atoms with Gasteiger partial charge in [-0.05, 0) is 36.6 Å². The number of aryl methyl sites for hydroxylation is 1. The van der Waals surface area contributed by atoms with Gasteiger partial charge in [-0.15, -0.1) is 0 Å². The molecule has 1 N–H and O–H groups in total. The van der Waals surface area contributed by atoms with Gasteiger partial charge in [0, 0.05) is 25.2 Å². The van der Waals surface area contributed by atoms with Gasteiger partial charge in [0.25, 0.3) is 5.91 Å². The van der Waals surface area contributed by atoms with Gasteiger partial charge in [-0.25, -0.2) is 9.78 Å². The van der Waals surface area contributed by atoms with Crippen molar-refractivity contribution >= 4 is 11.9 Å². The van der Waals surface area contributed by atoms with E-state index in [1.54, 1.807) is 0 Å². The maximum Gasteiger partial charge on any atom is 0.354 e. The molecule has 2 aromatic rings. The molecular formula is C18H18N2O3. The molecule has 0 radical (unpaired) electrons. The highest BCUT2D eigenvalue weighted by atomic mass is 16.4. The van der Waals surface area contributed by atoms with E-state index in [4.69, 9.17) is 5.11 Å². The van der Waals surface area contributed by atoms with Crippen LogP contribution >= 0.6 is 0 Å². The van der Waals surface area contributed by atoms with E-state index in [9.17, 15) is 9.59 Å². The molecule has 1 aromatic heterocycles. The van der Waals surface area contributed by atoms with E-state index in [1.807, 2.05) is 17.0 Å². The number of nitrogens with zero attached hydrogens (tertiary/aromatic N) is 2. The van der Waals surface area contributed by atoms with Gasteiger partial charge in [0.05, 0.1) is 5.56 Å². The Morgan fingerprint density at radius 2 is 2.00 bits per heavy atom. The van der Waals surface area contributed by atoms with Crippen molar-refractivity contribution in [3.8, 4) is 0 Å². The van der Waals surface area contributed by atoms with Crippen molar-refractivity contribution in [2.24, 2.45) is 0 Å². The number of benzene rings is 1. The number of aromatic carboxylic acids is 1. The number of hydrogen-bond acceptors (Lipinski definition) is 3. The number of likely N-dealkylation sites (tertiary alicyclic amines) is 1. The molecule has 1 amide bonds. The molecule has 5 nitrogen and oxygen atoms in total. The van der Waals surface area contributed by atoms with Gasteiger partial charge in [-0.1, -0.05) is 24.3 Å². The van der Waals surface area contributed by atoms with E-state index in [-0.39, 0.29) is 11.6 Å². The lowest BCUT2D eigenvalue weighted by atomic mass is 9.94.